The van der Waals surface area contributed by atoms with E-state index in [1.165, 1.54) is 0 Å². The van der Waals surface area contributed by atoms with Crippen LogP contribution in [0.15, 0.2) is 22.7 Å². The molecule has 0 spiro atoms. The molecule has 1 N–H and O–H groups in total. The maximum Gasteiger partial charge on any atom is 0.335 e. The van der Waals surface area contributed by atoms with E-state index in [1.54, 1.807) is 19.2 Å². The molecule has 1 fully saturated rings. The van der Waals surface area contributed by atoms with Crippen LogP contribution in [0.5, 0.6) is 0 Å². The van der Waals surface area contributed by atoms with Crippen molar-refractivity contribution in [3.63, 3.8) is 0 Å². The summed E-state index contributed by atoms with van der Waals surface area (Å²) in [6, 6.07) is 5.34. The minimum Gasteiger partial charge on any atom is -0.478 e. The molecule has 1 saturated heterocycles. The van der Waals surface area contributed by atoms with Crippen molar-refractivity contribution in [2.75, 3.05) is 31.7 Å². The van der Waals surface area contributed by atoms with Gasteiger partial charge >= 0.3 is 5.97 Å². The molecule has 0 aromatic heterocycles. The fourth-order valence-corrected chi connectivity index (χ4v) is 2.95. The van der Waals surface area contributed by atoms with Gasteiger partial charge in [0.1, 0.15) is 0 Å². The molecule has 4 nitrogen and oxygen atoms in total. The highest BCUT2D eigenvalue weighted by atomic mass is 79.9. The molecule has 5 heteroatoms. The molecule has 2 rings (SSSR count). The molecule has 0 aliphatic carbocycles. The summed E-state index contributed by atoms with van der Waals surface area (Å²) in [5.41, 5.74) is 1.30. The lowest BCUT2D eigenvalue weighted by Gasteiger charge is -2.33. The molecule has 1 aliphatic heterocycles. The Morgan fingerprint density at radius 3 is 2.68 bits per heavy atom. The predicted molar refractivity (Wildman–Crippen MR) is 77.9 cm³/mol. The van der Waals surface area contributed by atoms with E-state index in [2.05, 4.69) is 20.8 Å². The summed E-state index contributed by atoms with van der Waals surface area (Å²) in [5, 5.41) is 9.09. The number of benzene rings is 1. The zero-order chi connectivity index (χ0) is 13.8. The van der Waals surface area contributed by atoms with Gasteiger partial charge in [0.25, 0.3) is 0 Å². The number of methoxy groups -OCH3 is 1. The van der Waals surface area contributed by atoms with Gasteiger partial charge in [0, 0.05) is 37.0 Å². The van der Waals surface area contributed by atoms with Gasteiger partial charge in [0.2, 0.25) is 0 Å². The average Bonchev–Trinajstić information content (AvgIpc) is 2.39. The van der Waals surface area contributed by atoms with E-state index in [0.29, 0.717) is 11.5 Å². The summed E-state index contributed by atoms with van der Waals surface area (Å²) in [5.74, 6) is -0.274. The summed E-state index contributed by atoms with van der Waals surface area (Å²) in [7, 11) is 1.74. The highest BCUT2D eigenvalue weighted by Gasteiger charge is 2.20. The standard InChI is InChI=1S/C14H18BrNO3/c1-19-9-10-2-4-16(5-3-10)13-7-11(14(17)18)6-12(15)8-13/h6-8,10H,2-5,9H2,1H3,(H,17,18). The van der Waals surface area contributed by atoms with E-state index >= 15 is 0 Å². The first-order valence-corrected chi connectivity index (χ1v) is 7.17. The van der Waals surface area contributed by atoms with Gasteiger partial charge in [-0.1, -0.05) is 15.9 Å². The van der Waals surface area contributed by atoms with E-state index in [9.17, 15) is 4.79 Å². The molecule has 1 heterocycles. The van der Waals surface area contributed by atoms with Gasteiger partial charge in [-0.05, 0) is 37.0 Å². The molecule has 1 aliphatic rings. The highest BCUT2D eigenvalue weighted by Crippen LogP contribution is 2.27. The minimum atomic E-state index is -0.892. The number of hydrogen-bond acceptors (Lipinski definition) is 3. The van der Waals surface area contributed by atoms with Crippen LogP contribution >= 0.6 is 15.9 Å². The van der Waals surface area contributed by atoms with Gasteiger partial charge in [-0.25, -0.2) is 4.79 Å². The summed E-state index contributed by atoms with van der Waals surface area (Å²) < 4.78 is 6.00. The van der Waals surface area contributed by atoms with Crippen LogP contribution in [0.4, 0.5) is 5.69 Å². The summed E-state index contributed by atoms with van der Waals surface area (Å²) in [6.45, 7) is 2.71. The molecule has 0 radical (unpaired) electrons. The van der Waals surface area contributed by atoms with Gasteiger partial charge in [0.15, 0.2) is 0 Å². The van der Waals surface area contributed by atoms with Crippen molar-refractivity contribution >= 4 is 27.6 Å². The quantitative estimate of drug-likeness (QED) is 0.923. The van der Waals surface area contributed by atoms with Crippen molar-refractivity contribution in [2.24, 2.45) is 5.92 Å². The molecule has 0 unspecified atom stereocenters. The number of carboxylic acids is 1. The van der Waals surface area contributed by atoms with Crippen LogP contribution in [0, 0.1) is 5.92 Å². The highest BCUT2D eigenvalue weighted by molar-refractivity contribution is 9.10. The van der Waals surface area contributed by atoms with E-state index in [0.717, 1.165) is 42.7 Å². The number of anilines is 1. The van der Waals surface area contributed by atoms with Gasteiger partial charge in [0.05, 0.1) is 5.56 Å². The lowest BCUT2D eigenvalue weighted by molar-refractivity contribution is 0.0697. The number of ether oxygens (including phenoxy) is 1. The number of aromatic carboxylic acids is 1. The third kappa shape index (κ3) is 3.70. The first-order chi connectivity index (χ1) is 9.10. The first-order valence-electron chi connectivity index (χ1n) is 6.38. The number of rotatable bonds is 4. The van der Waals surface area contributed by atoms with Gasteiger partial charge in [-0.2, -0.15) is 0 Å². The van der Waals surface area contributed by atoms with Crippen LogP contribution in [-0.2, 0) is 4.74 Å². The van der Waals surface area contributed by atoms with Crippen molar-refractivity contribution in [2.45, 2.75) is 12.8 Å². The Morgan fingerprint density at radius 2 is 2.11 bits per heavy atom. The first kappa shape index (κ1) is 14.3. The largest absolute Gasteiger partial charge is 0.478 e. The number of carbonyl (C=O) groups is 1. The Morgan fingerprint density at radius 1 is 1.42 bits per heavy atom. The summed E-state index contributed by atoms with van der Waals surface area (Å²) in [4.78, 5) is 13.3. The number of piperidine rings is 1. The molecule has 1 aromatic rings. The van der Waals surface area contributed by atoms with E-state index < -0.39 is 5.97 Å². The molecule has 104 valence electrons. The van der Waals surface area contributed by atoms with Gasteiger partial charge < -0.3 is 14.7 Å². The van der Waals surface area contributed by atoms with Crippen molar-refractivity contribution < 1.29 is 14.6 Å². The smallest absolute Gasteiger partial charge is 0.335 e. The van der Waals surface area contributed by atoms with E-state index in [-0.39, 0.29) is 0 Å². The maximum atomic E-state index is 11.1. The monoisotopic (exact) mass is 327 g/mol. The van der Waals surface area contributed by atoms with Crippen molar-refractivity contribution in [1.29, 1.82) is 0 Å². The Labute approximate surface area is 121 Å². The topological polar surface area (TPSA) is 49.8 Å². The van der Waals surface area contributed by atoms with E-state index in [1.807, 2.05) is 6.07 Å². The van der Waals surface area contributed by atoms with Gasteiger partial charge in [-0.3, -0.25) is 0 Å². The minimum absolute atomic E-state index is 0.323. The van der Waals surface area contributed by atoms with E-state index in [4.69, 9.17) is 9.84 Å². The molecule has 19 heavy (non-hydrogen) atoms. The molecule has 1 aromatic carbocycles. The molecule has 0 saturated carbocycles. The lowest BCUT2D eigenvalue weighted by atomic mass is 9.97. The molecule has 0 bridgehead atoms. The van der Waals surface area contributed by atoms with Crippen LogP contribution in [0.3, 0.4) is 0 Å². The fraction of sp³-hybridized carbons (Fsp3) is 0.500. The fourth-order valence-electron chi connectivity index (χ4n) is 2.47. The average molecular weight is 328 g/mol. The van der Waals surface area contributed by atoms with Crippen LogP contribution < -0.4 is 4.90 Å². The lowest BCUT2D eigenvalue weighted by Crippen LogP contribution is -2.35. The van der Waals surface area contributed by atoms with Crippen LogP contribution in [0.2, 0.25) is 0 Å². The second kappa shape index (κ2) is 6.39. The van der Waals surface area contributed by atoms with Crippen LogP contribution in [-0.4, -0.2) is 37.9 Å². The Hall–Kier alpha value is -1.07. The van der Waals surface area contributed by atoms with Crippen molar-refractivity contribution in [3.8, 4) is 0 Å². The zero-order valence-electron chi connectivity index (χ0n) is 10.9. The Balaban J connectivity index is 2.09. The number of carboxylic acid groups (broad SMARTS) is 1. The Kier molecular flexibility index (Phi) is 4.82. The van der Waals surface area contributed by atoms with Crippen LogP contribution in [0.25, 0.3) is 0 Å². The third-order valence-electron chi connectivity index (χ3n) is 3.51. The second-order valence-corrected chi connectivity index (χ2v) is 5.80. The van der Waals surface area contributed by atoms with Crippen molar-refractivity contribution in [3.05, 3.63) is 28.2 Å². The normalized spacial score (nSPS) is 16.6. The molecule has 0 atom stereocenters. The number of nitrogens with zero attached hydrogens (tertiary/aromatic N) is 1. The molecule has 0 amide bonds. The molecular weight excluding hydrogens is 310 g/mol. The summed E-state index contributed by atoms with van der Waals surface area (Å²) in [6.07, 6.45) is 2.17. The van der Waals surface area contributed by atoms with Gasteiger partial charge in [-0.15, -0.1) is 0 Å². The maximum absolute atomic E-state index is 11.1. The summed E-state index contributed by atoms with van der Waals surface area (Å²) >= 11 is 3.37. The second-order valence-electron chi connectivity index (χ2n) is 4.89. The SMILES string of the molecule is COCC1CCN(c2cc(Br)cc(C(=O)O)c2)CC1. The Bertz CT molecular complexity index is 456. The third-order valence-corrected chi connectivity index (χ3v) is 3.97. The number of halogens is 1. The zero-order valence-corrected chi connectivity index (χ0v) is 12.5. The predicted octanol–water partition coefficient (Wildman–Crippen LogP) is 3.01. The van der Waals surface area contributed by atoms with Crippen molar-refractivity contribution in [1.82, 2.24) is 0 Å². The number of hydrogen-bond donors (Lipinski definition) is 1. The molecular formula is C14H18BrNO3. The van der Waals surface area contributed by atoms with Crippen LogP contribution in [0.1, 0.15) is 23.2 Å².